The molecule has 10 heteroatoms. The zero-order valence-electron chi connectivity index (χ0n) is 20.1. The second-order valence-corrected chi connectivity index (χ2v) is 9.56. The molecule has 0 atom stereocenters. The van der Waals surface area contributed by atoms with E-state index in [1.54, 1.807) is 0 Å². The van der Waals surface area contributed by atoms with Crippen LogP contribution in [0, 0.1) is 0 Å². The second kappa shape index (κ2) is 11.4. The number of carbonyl (C=O) groups excluding carboxylic acids is 2. The Morgan fingerprint density at radius 3 is 2.66 bits per heavy atom. The zero-order chi connectivity index (χ0) is 24.7. The molecule has 0 bridgehead atoms. The Bertz CT molecular complexity index is 1150. The molecule has 2 heterocycles. The van der Waals surface area contributed by atoms with Gasteiger partial charge in [-0.05, 0) is 31.9 Å². The molecule has 1 aliphatic carbocycles. The number of thiazole rings is 1. The molecule has 9 nitrogen and oxygen atoms in total. The van der Waals surface area contributed by atoms with Crippen LogP contribution >= 0.6 is 11.3 Å². The first-order valence-electron chi connectivity index (χ1n) is 12.1. The molecular weight excluding hydrogens is 466 g/mol. The summed E-state index contributed by atoms with van der Waals surface area (Å²) >= 11 is 1.36. The summed E-state index contributed by atoms with van der Waals surface area (Å²) in [5, 5.41) is 12.5. The van der Waals surface area contributed by atoms with E-state index in [-0.39, 0.29) is 18.2 Å². The number of rotatable bonds is 9. The SMILES string of the molecule is CCOc1ccccc1-c1csc(NC(=O)CCc2nc(C3(NC(C)=O)CCCCCC3)no2)n1. The molecule has 0 radical (unpaired) electrons. The first-order valence-corrected chi connectivity index (χ1v) is 13.0. The van der Waals surface area contributed by atoms with Crippen molar-refractivity contribution in [1.29, 1.82) is 0 Å². The van der Waals surface area contributed by atoms with E-state index in [1.807, 2.05) is 36.6 Å². The Morgan fingerprint density at radius 1 is 1.14 bits per heavy atom. The fraction of sp³-hybridized carbons (Fsp3) is 0.480. The predicted molar refractivity (Wildman–Crippen MR) is 133 cm³/mol. The molecule has 35 heavy (non-hydrogen) atoms. The second-order valence-electron chi connectivity index (χ2n) is 8.70. The molecular formula is C25H31N5O4S. The summed E-state index contributed by atoms with van der Waals surface area (Å²) in [6, 6.07) is 7.70. The van der Waals surface area contributed by atoms with Crippen molar-refractivity contribution in [2.24, 2.45) is 0 Å². The van der Waals surface area contributed by atoms with Crippen LogP contribution in [0.25, 0.3) is 11.3 Å². The van der Waals surface area contributed by atoms with Crippen molar-refractivity contribution in [1.82, 2.24) is 20.4 Å². The number of hydrogen-bond donors (Lipinski definition) is 2. The minimum Gasteiger partial charge on any atom is -0.493 e. The molecule has 2 N–H and O–H groups in total. The van der Waals surface area contributed by atoms with Crippen LogP contribution in [0.1, 0.15) is 70.5 Å². The molecule has 1 saturated carbocycles. The number of aryl methyl sites for hydroxylation is 1. The topological polar surface area (TPSA) is 119 Å². The minimum absolute atomic E-state index is 0.107. The van der Waals surface area contributed by atoms with Gasteiger partial charge < -0.3 is 19.9 Å². The van der Waals surface area contributed by atoms with Crippen LogP contribution in [-0.4, -0.2) is 33.5 Å². The highest BCUT2D eigenvalue weighted by atomic mass is 32.1. The first kappa shape index (κ1) is 24.8. The Kier molecular flexibility index (Phi) is 8.12. The Labute approximate surface area is 208 Å². The molecule has 1 fully saturated rings. The van der Waals surface area contributed by atoms with Crippen LogP contribution in [0.4, 0.5) is 5.13 Å². The third-order valence-electron chi connectivity index (χ3n) is 6.05. The summed E-state index contributed by atoms with van der Waals surface area (Å²) < 4.78 is 11.1. The number of ether oxygens (including phenoxy) is 1. The Balaban J connectivity index is 1.37. The van der Waals surface area contributed by atoms with Crippen molar-refractivity contribution in [3.63, 3.8) is 0 Å². The van der Waals surface area contributed by atoms with Gasteiger partial charge in [0, 0.05) is 30.7 Å². The van der Waals surface area contributed by atoms with Gasteiger partial charge in [-0.2, -0.15) is 4.98 Å². The maximum absolute atomic E-state index is 12.5. The number of hydrogen-bond acceptors (Lipinski definition) is 8. The monoisotopic (exact) mass is 497 g/mol. The van der Waals surface area contributed by atoms with Gasteiger partial charge in [0.15, 0.2) is 11.0 Å². The van der Waals surface area contributed by atoms with Crippen molar-refractivity contribution in [2.45, 2.75) is 70.8 Å². The van der Waals surface area contributed by atoms with Crippen LogP contribution in [0.2, 0.25) is 0 Å². The fourth-order valence-corrected chi connectivity index (χ4v) is 5.17. The lowest BCUT2D eigenvalue weighted by molar-refractivity contribution is -0.121. The normalized spacial score (nSPS) is 15.3. The zero-order valence-corrected chi connectivity index (χ0v) is 21.0. The molecule has 4 rings (SSSR count). The van der Waals surface area contributed by atoms with E-state index in [2.05, 4.69) is 25.8 Å². The van der Waals surface area contributed by atoms with Gasteiger partial charge in [0.25, 0.3) is 0 Å². The van der Waals surface area contributed by atoms with Crippen LogP contribution in [0.15, 0.2) is 34.2 Å². The lowest BCUT2D eigenvalue weighted by atomic mass is 9.89. The third-order valence-corrected chi connectivity index (χ3v) is 6.81. The third kappa shape index (κ3) is 6.25. The van der Waals surface area contributed by atoms with E-state index in [0.717, 1.165) is 55.5 Å². The van der Waals surface area contributed by atoms with Gasteiger partial charge >= 0.3 is 0 Å². The number of benzene rings is 1. The average molecular weight is 498 g/mol. The highest BCUT2D eigenvalue weighted by Crippen LogP contribution is 2.35. The van der Waals surface area contributed by atoms with Gasteiger partial charge in [0.1, 0.15) is 11.3 Å². The lowest BCUT2D eigenvalue weighted by Crippen LogP contribution is -2.45. The number of para-hydroxylation sites is 1. The van der Waals surface area contributed by atoms with E-state index in [4.69, 9.17) is 9.26 Å². The lowest BCUT2D eigenvalue weighted by Gasteiger charge is -2.30. The number of anilines is 1. The maximum Gasteiger partial charge on any atom is 0.227 e. The van der Waals surface area contributed by atoms with Gasteiger partial charge in [-0.1, -0.05) is 43.0 Å². The van der Waals surface area contributed by atoms with E-state index >= 15 is 0 Å². The highest BCUT2D eigenvalue weighted by molar-refractivity contribution is 7.14. The Hall–Kier alpha value is -3.27. The van der Waals surface area contributed by atoms with Crippen LogP contribution < -0.4 is 15.4 Å². The van der Waals surface area contributed by atoms with Gasteiger partial charge in [-0.3, -0.25) is 9.59 Å². The molecule has 3 aromatic rings. The summed E-state index contributed by atoms with van der Waals surface area (Å²) in [6.07, 6.45) is 6.30. The predicted octanol–water partition coefficient (Wildman–Crippen LogP) is 4.85. The summed E-state index contributed by atoms with van der Waals surface area (Å²) in [5.41, 5.74) is 1.04. The molecule has 1 aromatic carbocycles. The number of aromatic nitrogens is 3. The van der Waals surface area contributed by atoms with Crippen molar-refractivity contribution < 1.29 is 18.8 Å². The maximum atomic E-state index is 12.5. The van der Waals surface area contributed by atoms with E-state index < -0.39 is 5.54 Å². The number of nitrogens with zero attached hydrogens (tertiary/aromatic N) is 3. The van der Waals surface area contributed by atoms with Gasteiger partial charge in [0.2, 0.25) is 17.7 Å². The van der Waals surface area contributed by atoms with Gasteiger partial charge in [-0.25, -0.2) is 4.98 Å². The number of carbonyl (C=O) groups is 2. The summed E-state index contributed by atoms with van der Waals surface area (Å²) in [7, 11) is 0. The molecule has 0 unspecified atom stereocenters. The van der Waals surface area contributed by atoms with Crippen LogP contribution in [-0.2, 0) is 21.5 Å². The van der Waals surface area contributed by atoms with E-state index in [9.17, 15) is 9.59 Å². The average Bonchev–Trinajstić information content (AvgIpc) is 3.44. The van der Waals surface area contributed by atoms with Crippen molar-refractivity contribution >= 4 is 28.3 Å². The first-order chi connectivity index (χ1) is 17.0. The number of amides is 2. The van der Waals surface area contributed by atoms with Crippen molar-refractivity contribution in [3.8, 4) is 17.0 Å². The highest BCUT2D eigenvalue weighted by Gasteiger charge is 2.38. The molecule has 186 valence electrons. The molecule has 0 saturated heterocycles. The van der Waals surface area contributed by atoms with E-state index in [0.29, 0.717) is 29.9 Å². The fourth-order valence-electron chi connectivity index (χ4n) is 4.44. The molecule has 2 aromatic heterocycles. The van der Waals surface area contributed by atoms with Gasteiger partial charge in [0.05, 0.1) is 12.3 Å². The largest absolute Gasteiger partial charge is 0.493 e. The Morgan fingerprint density at radius 2 is 1.91 bits per heavy atom. The summed E-state index contributed by atoms with van der Waals surface area (Å²) in [6.45, 7) is 4.01. The smallest absolute Gasteiger partial charge is 0.227 e. The van der Waals surface area contributed by atoms with Crippen molar-refractivity contribution in [2.75, 3.05) is 11.9 Å². The molecule has 0 spiro atoms. The minimum atomic E-state index is -0.596. The molecule has 2 amide bonds. The molecule has 0 aliphatic heterocycles. The van der Waals surface area contributed by atoms with E-state index in [1.165, 1.54) is 18.3 Å². The quantitative estimate of drug-likeness (QED) is 0.406. The van der Waals surface area contributed by atoms with Gasteiger partial charge in [-0.15, -0.1) is 11.3 Å². The summed E-state index contributed by atoms with van der Waals surface area (Å²) in [5.74, 6) is 1.35. The standard InChI is InChI=1S/C25H31N5O4S/c1-3-33-20-11-7-6-10-18(20)19-16-35-24(26-19)27-21(32)12-13-22-28-23(30-34-22)25(29-17(2)31)14-8-4-5-9-15-25/h6-7,10-11,16H,3-5,8-9,12-15H2,1-2H3,(H,29,31)(H,26,27,32). The molecule has 1 aliphatic rings. The van der Waals surface area contributed by atoms with Crippen molar-refractivity contribution in [3.05, 3.63) is 41.4 Å². The summed E-state index contributed by atoms with van der Waals surface area (Å²) in [4.78, 5) is 33.5. The van der Waals surface area contributed by atoms with Crippen LogP contribution in [0.3, 0.4) is 0 Å². The van der Waals surface area contributed by atoms with Crippen LogP contribution in [0.5, 0.6) is 5.75 Å². The number of nitrogens with one attached hydrogen (secondary N) is 2.